The molecule has 40 heavy (non-hydrogen) atoms. The second-order valence-corrected chi connectivity index (χ2v) is 12.2. The summed E-state index contributed by atoms with van der Waals surface area (Å²) in [5.41, 5.74) is 3.37. The third-order valence-corrected chi connectivity index (χ3v) is 9.17. The van der Waals surface area contributed by atoms with Gasteiger partial charge in [0, 0.05) is 42.1 Å². The molecule has 4 heterocycles. The summed E-state index contributed by atoms with van der Waals surface area (Å²) in [4.78, 5) is 26.8. The Morgan fingerprint density at radius 3 is 2.77 bits per heavy atom. The molecule has 4 atom stereocenters. The van der Waals surface area contributed by atoms with Gasteiger partial charge in [0.05, 0.1) is 24.5 Å². The summed E-state index contributed by atoms with van der Waals surface area (Å²) >= 11 is 12.7. The molecule has 2 aliphatic heterocycles. The zero-order chi connectivity index (χ0) is 28.4. The second kappa shape index (κ2) is 12.6. The molecule has 2 saturated heterocycles. The van der Waals surface area contributed by atoms with E-state index in [0.717, 1.165) is 67.3 Å². The van der Waals surface area contributed by atoms with Gasteiger partial charge in [0.2, 0.25) is 0 Å². The maximum absolute atomic E-state index is 11.9. The first-order valence-corrected chi connectivity index (χ1v) is 15.3. The number of piperidine rings is 2. The van der Waals surface area contributed by atoms with Crippen molar-refractivity contribution in [2.45, 2.75) is 71.9 Å². The number of aryl methyl sites for hydroxylation is 1. The van der Waals surface area contributed by atoms with Gasteiger partial charge < -0.3 is 9.64 Å². The number of carbonyl (C=O) groups is 1. The monoisotopic (exact) mass is 586 g/mol. The number of hydrogen-bond acceptors (Lipinski definition) is 7. The van der Waals surface area contributed by atoms with Gasteiger partial charge in [-0.3, -0.25) is 9.69 Å². The third-order valence-electron chi connectivity index (χ3n) is 8.60. The van der Waals surface area contributed by atoms with E-state index >= 15 is 0 Å². The number of carbonyl (C=O) groups excluding carboxylic acids is 1. The zero-order valence-corrected chi connectivity index (χ0v) is 25.5. The van der Waals surface area contributed by atoms with Crippen LogP contribution in [-0.4, -0.2) is 69.4 Å². The molecule has 0 radical (unpaired) electrons. The number of benzene rings is 1. The molecule has 2 aliphatic rings. The number of halogens is 2. The highest BCUT2D eigenvalue weighted by atomic mass is 35.5. The number of esters is 1. The molecule has 0 N–H and O–H groups in total. The molecule has 0 spiro atoms. The van der Waals surface area contributed by atoms with E-state index in [4.69, 9.17) is 43.0 Å². The Hall–Kier alpha value is -2.42. The first-order chi connectivity index (χ1) is 19.2. The van der Waals surface area contributed by atoms with Crippen LogP contribution in [0.5, 0.6) is 0 Å². The van der Waals surface area contributed by atoms with Crippen LogP contribution in [-0.2, 0) is 9.53 Å². The molecule has 10 heteroatoms. The first-order valence-electron chi connectivity index (χ1n) is 14.6. The maximum Gasteiger partial charge on any atom is 0.305 e. The van der Waals surface area contributed by atoms with Gasteiger partial charge in [0.1, 0.15) is 11.3 Å². The SMILES string of the molecule is CCOC(=O)CCC1CCCN(C2CCN(c3cnc4c(C)nn([C@H](C)c5ccc(Cl)cc5Cl)c4n3)CC2C)C1. The van der Waals surface area contributed by atoms with Crippen molar-refractivity contribution in [3.05, 3.63) is 45.7 Å². The molecule has 216 valence electrons. The first kappa shape index (κ1) is 29.1. The average molecular weight is 588 g/mol. The third kappa shape index (κ3) is 6.24. The van der Waals surface area contributed by atoms with E-state index in [1.807, 2.05) is 36.9 Å². The summed E-state index contributed by atoms with van der Waals surface area (Å²) in [6.45, 7) is 12.8. The van der Waals surface area contributed by atoms with Gasteiger partial charge >= 0.3 is 5.97 Å². The summed E-state index contributed by atoms with van der Waals surface area (Å²) in [6, 6.07) is 5.99. The molecule has 8 nitrogen and oxygen atoms in total. The van der Waals surface area contributed by atoms with Crippen molar-refractivity contribution < 1.29 is 9.53 Å². The van der Waals surface area contributed by atoms with Crippen molar-refractivity contribution in [2.75, 3.05) is 37.7 Å². The Morgan fingerprint density at radius 2 is 2.02 bits per heavy atom. The standard InChI is InChI=1S/C30H40Cl2N6O2/c1-5-40-28(39)11-8-22-7-6-13-36(18-22)26-12-14-37(17-19(26)2)27-16-33-29-20(3)35-38(30(29)34-27)21(4)24-10-9-23(31)15-25(24)32/h9-10,15-16,19,21-22,26H,5-8,11-14,17-18H2,1-4H3/t19?,21-,22?,26?/m1/s1. The lowest BCUT2D eigenvalue weighted by molar-refractivity contribution is -0.143. The maximum atomic E-state index is 11.9. The molecule has 0 amide bonds. The van der Waals surface area contributed by atoms with E-state index in [2.05, 4.69) is 23.6 Å². The number of anilines is 1. The molecule has 3 unspecified atom stereocenters. The Bertz CT molecular complexity index is 1350. The van der Waals surface area contributed by atoms with Gasteiger partial charge in [-0.15, -0.1) is 0 Å². The van der Waals surface area contributed by atoms with E-state index in [1.54, 1.807) is 6.07 Å². The highest BCUT2D eigenvalue weighted by Crippen LogP contribution is 2.33. The van der Waals surface area contributed by atoms with Crippen molar-refractivity contribution in [3.63, 3.8) is 0 Å². The topological polar surface area (TPSA) is 76.4 Å². The lowest BCUT2D eigenvalue weighted by Gasteiger charge is -2.46. The van der Waals surface area contributed by atoms with Crippen LogP contribution in [0.2, 0.25) is 10.0 Å². The second-order valence-electron chi connectivity index (χ2n) is 11.4. The van der Waals surface area contributed by atoms with Gasteiger partial charge in [-0.1, -0.05) is 36.2 Å². The van der Waals surface area contributed by atoms with Crippen LogP contribution in [0.3, 0.4) is 0 Å². The molecule has 0 saturated carbocycles. The number of aromatic nitrogens is 4. The molecule has 0 bridgehead atoms. The van der Waals surface area contributed by atoms with Crippen LogP contribution >= 0.6 is 23.2 Å². The van der Waals surface area contributed by atoms with E-state index in [0.29, 0.717) is 41.0 Å². The quantitative estimate of drug-likeness (QED) is 0.286. The summed E-state index contributed by atoms with van der Waals surface area (Å²) in [5, 5.41) is 6.02. The zero-order valence-electron chi connectivity index (χ0n) is 23.9. The molecule has 3 aromatic rings. The minimum atomic E-state index is -0.119. The van der Waals surface area contributed by atoms with E-state index in [9.17, 15) is 4.79 Å². The lowest BCUT2D eigenvalue weighted by atomic mass is 9.87. The lowest BCUT2D eigenvalue weighted by Crippen LogP contribution is -2.53. The highest BCUT2D eigenvalue weighted by molar-refractivity contribution is 6.35. The minimum Gasteiger partial charge on any atom is -0.466 e. The van der Waals surface area contributed by atoms with Crippen LogP contribution < -0.4 is 4.90 Å². The molecule has 0 aliphatic carbocycles. The van der Waals surface area contributed by atoms with Gasteiger partial charge in [-0.2, -0.15) is 5.10 Å². The van der Waals surface area contributed by atoms with E-state index < -0.39 is 0 Å². The number of nitrogens with zero attached hydrogens (tertiary/aromatic N) is 6. The predicted octanol–water partition coefficient (Wildman–Crippen LogP) is 6.32. The Morgan fingerprint density at radius 1 is 1.20 bits per heavy atom. The Kier molecular flexibility index (Phi) is 9.18. The fourth-order valence-electron chi connectivity index (χ4n) is 6.51. The van der Waals surface area contributed by atoms with E-state index in [1.165, 1.54) is 12.8 Å². The van der Waals surface area contributed by atoms with Crippen LogP contribution in [0.4, 0.5) is 5.82 Å². The van der Waals surface area contributed by atoms with Gasteiger partial charge in [0.25, 0.3) is 0 Å². The molecule has 2 fully saturated rings. The van der Waals surface area contributed by atoms with Crippen molar-refractivity contribution in [1.82, 2.24) is 24.6 Å². The van der Waals surface area contributed by atoms with Crippen LogP contribution in [0.1, 0.15) is 70.2 Å². The number of fused-ring (bicyclic) bond motifs is 1. The molecule has 1 aromatic carbocycles. The number of rotatable bonds is 8. The van der Waals surface area contributed by atoms with Crippen LogP contribution in [0, 0.1) is 18.8 Å². The Labute approximate surface area is 247 Å². The molecule has 5 rings (SSSR count). The smallest absolute Gasteiger partial charge is 0.305 e. The normalized spacial score (nSPS) is 22.9. The number of hydrogen-bond donors (Lipinski definition) is 0. The van der Waals surface area contributed by atoms with Crippen LogP contribution in [0.15, 0.2) is 24.4 Å². The fraction of sp³-hybridized carbons (Fsp3) is 0.600. The summed E-state index contributed by atoms with van der Waals surface area (Å²) in [6.07, 6.45) is 6.82. The highest BCUT2D eigenvalue weighted by Gasteiger charge is 2.34. The van der Waals surface area contributed by atoms with Crippen molar-refractivity contribution in [3.8, 4) is 0 Å². The Balaban J connectivity index is 1.28. The summed E-state index contributed by atoms with van der Waals surface area (Å²) in [7, 11) is 0. The molecular weight excluding hydrogens is 547 g/mol. The molecule has 2 aromatic heterocycles. The number of likely N-dealkylation sites (tertiary alicyclic amines) is 1. The summed E-state index contributed by atoms with van der Waals surface area (Å²) < 4.78 is 7.07. The predicted molar refractivity (Wildman–Crippen MR) is 160 cm³/mol. The van der Waals surface area contributed by atoms with Crippen molar-refractivity contribution >= 4 is 46.2 Å². The largest absolute Gasteiger partial charge is 0.466 e. The van der Waals surface area contributed by atoms with Gasteiger partial charge in [-0.25, -0.2) is 14.6 Å². The van der Waals surface area contributed by atoms with Crippen molar-refractivity contribution in [2.24, 2.45) is 11.8 Å². The van der Waals surface area contributed by atoms with Crippen LogP contribution in [0.25, 0.3) is 11.2 Å². The average Bonchev–Trinajstić information content (AvgIpc) is 3.27. The number of ether oxygens (including phenoxy) is 1. The van der Waals surface area contributed by atoms with Gasteiger partial charge in [-0.05, 0) is 82.5 Å². The molecular formula is C30H40Cl2N6O2. The minimum absolute atomic E-state index is 0.0680. The summed E-state index contributed by atoms with van der Waals surface area (Å²) in [5.74, 6) is 1.88. The van der Waals surface area contributed by atoms with Crippen molar-refractivity contribution in [1.29, 1.82) is 0 Å². The van der Waals surface area contributed by atoms with Gasteiger partial charge in [0.15, 0.2) is 5.65 Å². The fourth-order valence-corrected chi connectivity index (χ4v) is 7.08. The van der Waals surface area contributed by atoms with E-state index in [-0.39, 0.29) is 12.0 Å².